The van der Waals surface area contributed by atoms with E-state index < -0.39 is 5.60 Å². The Bertz CT molecular complexity index is 653. The van der Waals surface area contributed by atoms with E-state index in [-0.39, 0.29) is 0 Å². The summed E-state index contributed by atoms with van der Waals surface area (Å²) in [6, 6.07) is 10.4. The largest absolute Gasteiger partial charge is 0.480 e. The molecule has 1 atom stereocenters. The molecule has 1 saturated carbocycles. The number of nitrogens with one attached hydrogen (secondary N) is 1. The van der Waals surface area contributed by atoms with Crippen LogP contribution in [0.3, 0.4) is 0 Å². The van der Waals surface area contributed by atoms with Crippen molar-refractivity contribution in [3.63, 3.8) is 0 Å². The highest BCUT2D eigenvalue weighted by molar-refractivity contribution is 5.36. The molecule has 1 aromatic carbocycles. The quantitative estimate of drug-likeness (QED) is 0.928. The van der Waals surface area contributed by atoms with Crippen molar-refractivity contribution in [2.24, 2.45) is 5.92 Å². The first kappa shape index (κ1) is 14.6. The first-order valence-corrected chi connectivity index (χ1v) is 7.82. The fourth-order valence-electron chi connectivity index (χ4n) is 3.33. The van der Waals surface area contributed by atoms with Crippen molar-refractivity contribution in [1.82, 2.24) is 9.97 Å². The second-order valence-corrected chi connectivity index (χ2v) is 6.05. The number of aromatic amines is 1. The third kappa shape index (κ3) is 2.85. The topological polar surface area (TPSA) is 61.7 Å². The van der Waals surface area contributed by atoms with Crippen molar-refractivity contribution in [3.05, 3.63) is 48.0 Å². The van der Waals surface area contributed by atoms with E-state index in [0.717, 1.165) is 18.5 Å². The van der Waals surface area contributed by atoms with Gasteiger partial charge in [-0.1, -0.05) is 19.3 Å². The molecule has 1 aromatic heterocycles. The van der Waals surface area contributed by atoms with Crippen molar-refractivity contribution in [2.45, 2.75) is 44.6 Å². The van der Waals surface area contributed by atoms with Crippen molar-refractivity contribution in [2.75, 3.05) is 0 Å². The van der Waals surface area contributed by atoms with E-state index in [1.807, 2.05) is 6.20 Å². The summed E-state index contributed by atoms with van der Waals surface area (Å²) in [5.74, 6) is 1.03. The average Bonchev–Trinajstić information content (AvgIpc) is 3.11. The Hall–Kier alpha value is -2.28. The highest BCUT2D eigenvalue weighted by Gasteiger charge is 2.40. The Balaban J connectivity index is 1.93. The molecule has 113 valence electrons. The monoisotopic (exact) mass is 294 g/mol. The van der Waals surface area contributed by atoms with E-state index in [4.69, 9.17) is 10.00 Å². The summed E-state index contributed by atoms with van der Waals surface area (Å²) in [5.41, 5.74) is 1.00. The maximum absolute atomic E-state index is 9.06. The summed E-state index contributed by atoms with van der Waals surface area (Å²) in [7, 11) is 0. The fraction of sp³-hybridized carbons (Fsp3) is 0.444. The van der Waals surface area contributed by atoms with Gasteiger partial charge in [0.2, 0.25) is 0 Å². The number of aromatic nitrogens is 2. The van der Waals surface area contributed by atoms with Crippen LogP contribution in [0.5, 0.6) is 5.75 Å². The van der Waals surface area contributed by atoms with Crippen LogP contribution in [0.2, 0.25) is 0 Å². The van der Waals surface area contributed by atoms with Crippen LogP contribution in [0.15, 0.2) is 30.7 Å². The molecule has 4 heteroatoms. The van der Waals surface area contributed by atoms with Gasteiger partial charge in [0.1, 0.15) is 11.4 Å². The van der Waals surface area contributed by atoms with Gasteiger partial charge >= 0.3 is 0 Å². The first-order valence-electron chi connectivity index (χ1n) is 7.82. The van der Waals surface area contributed by atoms with Gasteiger partial charge in [0.25, 0.3) is 0 Å². The number of hydrogen-bond acceptors (Lipinski definition) is 3. The minimum atomic E-state index is -0.495. The van der Waals surface area contributed by atoms with Crippen molar-refractivity contribution >= 4 is 0 Å². The summed E-state index contributed by atoms with van der Waals surface area (Å²) in [4.78, 5) is 7.47. The van der Waals surface area contributed by atoms with Crippen molar-refractivity contribution in [3.8, 4) is 11.8 Å². The maximum atomic E-state index is 9.06. The van der Waals surface area contributed by atoms with Gasteiger partial charge < -0.3 is 9.72 Å². The van der Waals surface area contributed by atoms with E-state index in [1.54, 1.807) is 24.5 Å². The van der Waals surface area contributed by atoms with Gasteiger partial charge in [0, 0.05) is 18.2 Å². The van der Waals surface area contributed by atoms with Gasteiger partial charge in [-0.2, -0.15) is 5.26 Å². The van der Waals surface area contributed by atoms with Crippen molar-refractivity contribution < 1.29 is 4.74 Å². The Morgan fingerprint density at radius 1 is 1.41 bits per heavy atom. The van der Waals surface area contributed by atoms with Crippen LogP contribution in [-0.4, -0.2) is 9.97 Å². The van der Waals surface area contributed by atoms with Crippen LogP contribution in [0.4, 0.5) is 0 Å². The van der Waals surface area contributed by atoms with Crippen LogP contribution in [0.25, 0.3) is 0 Å². The van der Waals surface area contributed by atoms with E-state index in [0.29, 0.717) is 17.2 Å². The smallest absolute Gasteiger partial charge is 0.152 e. The third-order valence-electron chi connectivity index (χ3n) is 4.62. The molecule has 0 spiro atoms. The standard InChI is InChI=1S/C18H20N3O/c1-18(17-12-20-13-21-17,15-7-3-2-4-8-15)22-16-9-5-6-14(10-16)11-19/h5-6,10,12-13,15H,2-4,7-8H2,1H3,(H,20,21). The lowest BCUT2D eigenvalue weighted by atomic mass is 9.76. The van der Waals surface area contributed by atoms with E-state index in [2.05, 4.69) is 29.0 Å². The number of H-pyrrole nitrogens is 1. The summed E-state index contributed by atoms with van der Waals surface area (Å²) in [6.45, 7) is 2.10. The van der Waals surface area contributed by atoms with Crippen LogP contribution >= 0.6 is 0 Å². The first-order chi connectivity index (χ1) is 10.7. The minimum absolute atomic E-state index is 0.420. The van der Waals surface area contributed by atoms with Crippen molar-refractivity contribution in [1.29, 1.82) is 5.26 Å². The van der Waals surface area contributed by atoms with Gasteiger partial charge in [-0.15, -0.1) is 0 Å². The number of ether oxygens (including phenoxy) is 1. The number of benzene rings is 1. The van der Waals surface area contributed by atoms with E-state index in [9.17, 15) is 0 Å². The minimum Gasteiger partial charge on any atom is -0.480 e. The van der Waals surface area contributed by atoms with Crippen LogP contribution in [-0.2, 0) is 5.60 Å². The fourth-order valence-corrected chi connectivity index (χ4v) is 3.33. The van der Waals surface area contributed by atoms with Crippen LogP contribution < -0.4 is 4.74 Å². The molecule has 1 fully saturated rings. The summed E-state index contributed by atoms with van der Waals surface area (Å²) >= 11 is 0. The van der Waals surface area contributed by atoms with Gasteiger partial charge in [0.05, 0.1) is 18.0 Å². The molecule has 3 rings (SSSR count). The molecule has 1 aliphatic rings. The van der Waals surface area contributed by atoms with Crippen LogP contribution in [0.1, 0.15) is 50.3 Å². The summed E-state index contributed by atoms with van der Waals surface area (Å²) in [6.07, 6.45) is 9.63. The Morgan fingerprint density at radius 2 is 2.23 bits per heavy atom. The second-order valence-electron chi connectivity index (χ2n) is 6.05. The molecular formula is C18H20N3O. The Labute approximate surface area is 131 Å². The molecule has 1 unspecified atom stereocenters. The number of hydrogen-bond donors (Lipinski definition) is 1. The molecule has 1 N–H and O–H groups in total. The Kier molecular flexibility index (Phi) is 4.15. The molecule has 0 amide bonds. The zero-order valence-electron chi connectivity index (χ0n) is 12.8. The predicted octanol–water partition coefficient (Wildman–Crippen LogP) is 3.96. The molecule has 0 aliphatic heterocycles. The van der Waals surface area contributed by atoms with E-state index >= 15 is 0 Å². The SMILES string of the molecule is CC(Oc1[c]ccc(C#N)c1)(c1c[nH]cn1)C1CCCCC1. The molecule has 4 nitrogen and oxygen atoms in total. The lowest BCUT2D eigenvalue weighted by molar-refractivity contribution is 0.0000671. The van der Waals surface area contributed by atoms with Gasteiger partial charge in [-0.25, -0.2) is 4.98 Å². The molecular weight excluding hydrogens is 274 g/mol. The lowest BCUT2D eigenvalue weighted by Gasteiger charge is -2.39. The zero-order valence-corrected chi connectivity index (χ0v) is 12.8. The summed E-state index contributed by atoms with van der Waals surface area (Å²) < 4.78 is 6.34. The molecule has 22 heavy (non-hydrogen) atoms. The number of rotatable bonds is 4. The molecule has 0 saturated heterocycles. The maximum Gasteiger partial charge on any atom is 0.152 e. The third-order valence-corrected chi connectivity index (χ3v) is 4.62. The van der Waals surface area contributed by atoms with Crippen LogP contribution in [0, 0.1) is 23.3 Å². The number of nitrogens with zero attached hydrogens (tertiary/aromatic N) is 2. The number of nitriles is 1. The zero-order chi connectivity index (χ0) is 15.4. The summed E-state index contributed by atoms with van der Waals surface area (Å²) in [5, 5.41) is 9.06. The highest BCUT2D eigenvalue weighted by Crippen LogP contribution is 2.41. The van der Waals surface area contributed by atoms with Gasteiger partial charge in [-0.05, 0) is 38.0 Å². The average molecular weight is 294 g/mol. The molecule has 2 aromatic rings. The molecule has 1 aliphatic carbocycles. The molecule has 1 radical (unpaired) electrons. The highest BCUT2D eigenvalue weighted by atomic mass is 16.5. The number of imidazole rings is 1. The normalized spacial score (nSPS) is 18.4. The van der Waals surface area contributed by atoms with E-state index in [1.165, 1.54) is 19.3 Å². The van der Waals surface area contributed by atoms with Gasteiger partial charge in [-0.3, -0.25) is 0 Å². The second kappa shape index (κ2) is 6.23. The lowest BCUT2D eigenvalue weighted by Crippen LogP contribution is -2.39. The predicted molar refractivity (Wildman–Crippen MR) is 83.1 cm³/mol. The molecule has 1 heterocycles. The Morgan fingerprint density at radius 3 is 2.91 bits per heavy atom. The molecule has 0 bridgehead atoms. The van der Waals surface area contributed by atoms with Gasteiger partial charge in [0.15, 0.2) is 5.60 Å².